The molecule has 0 aromatic heterocycles. The molecule has 9 heteroatoms. The van der Waals surface area contributed by atoms with Crippen LogP contribution in [0.15, 0.2) is 48.5 Å². The molecule has 4 saturated carbocycles. The number of nitrogens with zero attached hydrogens (tertiary/aromatic N) is 2. The molecule has 4 aliphatic carbocycles. The van der Waals surface area contributed by atoms with Crippen molar-refractivity contribution in [1.82, 2.24) is 10.2 Å². The van der Waals surface area contributed by atoms with Crippen LogP contribution in [0.3, 0.4) is 0 Å². The van der Waals surface area contributed by atoms with E-state index in [9.17, 15) is 18.0 Å². The molecule has 2 aromatic rings. The van der Waals surface area contributed by atoms with Crippen molar-refractivity contribution in [2.75, 3.05) is 24.2 Å². The van der Waals surface area contributed by atoms with Crippen molar-refractivity contribution in [2.45, 2.75) is 96.2 Å². The molecule has 4 aliphatic rings. The Bertz CT molecular complexity index is 1390. The molecule has 1 N–H and O–H groups in total. The van der Waals surface area contributed by atoms with Crippen molar-refractivity contribution in [3.05, 3.63) is 59.7 Å². The summed E-state index contributed by atoms with van der Waals surface area (Å²) in [6.07, 6.45) is 10.1. The lowest BCUT2D eigenvalue weighted by atomic mass is 9.48. The lowest BCUT2D eigenvalue weighted by molar-refractivity contribution is -0.140. The van der Waals surface area contributed by atoms with Gasteiger partial charge in [0.2, 0.25) is 21.8 Å². The molecule has 4 bridgehead atoms. The zero-order valence-corrected chi connectivity index (χ0v) is 27.7. The van der Waals surface area contributed by atoms with E-state index in [2.05, 4.69) is 17.4 Å². The first kappa shape index (κ1) is 32.3. The second-order valence-corrected chi connectivity index (χ2v) is 15.5. The van der Waals surface area contributed by atoms with E-state index in [-0.39, 0.29) is 23.9 Å². The molecule has 2 atom stereocenters. The average molecular weight is 624 g/mol. The molecule has 6 rings (SSSR count). The third kappa shape index (κ3) is 6.93. The maximum atomic E-state index is 14.1. The number of hydrogen-bond donors (Lipinski definition) is 1. The lowest BCUT2D eigenvalue weighted by Crippen LogP contribution is -2.53. The van der Waals surface area contributed by atoms with Gasteiger partial charge in [0.05, 0.1) is 19.1 Å². The topological polar surface area (TPSA) is 96.0 Å². The molecule has 0 heterocycles. The Labute approximate surface area is 263 Å². The van der Waals surface area contributed by atoms with Gasteiger partial charge in [-0.3, -0.25) is 13.9 Å². The monoisotopic (exact) mass is 623 g/mol. The van der Waals surface area contributed by atoms with Gasteiger partial charge in [-0.25, -0.2) is 8.42 Å². The Morgan fingerprint density at radius 3 is 1.98 bits per heavy atom. The molecule has 0 spiro atoms. The summed E-state index contributed by atoms with van der Waals surface area (Å²) in [5.41, 5.74) is 2.79. The fraction of sp³-hybridized carbons (Fsp3) is 0.600. The number of anilines is 1. The first-order chi connectivity index (χ1) is 20.9. The second kappa shape index (κ2) is 13.1. The highest BCUT2D eigenvalue weighted by atomic mass is 32.2. The number of nitrogens with one attached hydrogen (secondary N) is 1. The van der Waals surface area contributed by atoms with Crippen LogP contribution in [0.1, 0.15) is 83.3 Å². The van der Waals surface area contributed by atoms with Crippen molar-refractivity contribution in [3.8, 4) is 5.75 Å². The normalized spacial score (nSPS) is 25.2. The van der Waals surface area contributed by atoms with Gasteiger partial charge >= 0.3 is 0 Å². The van der Waals surface area contributed by atoms with Gasteiger partial charge in [-0.15, -0.1) is 0 Å². The van der Waals surface area contributed by atoms with Crippen LogP contribution in [0.2, 0.25) is 0 Å². The second-order valence-electron chi connectivity index (χ2n) is 13.6. The summed E-state index contributed by atoms with van der Waals surface area (Å²) >= 11 is 0. The van der Waals surface area contributed by atoms with Gasteiger partial charge in [0.1, 0.15) is 18.3 Å². The predicted octanol–water partition coefficient (Wildman–Crippen LogP) is 5.65. The Morgan fingerprint density at radius 2 is 1.50 bits per heavy atom. The maximum absolute atomic E-state index is 14.1. The first-order valence-corrected chi connectivity index (χ1v) is 18.1. The molecule has 0 aliphatic heterocycles. The van der Waals surface area contributed by atoms with Crippen molar-refractivity contribution >= 4 is 27.5 Å². The number of carbonyl (C=O) groups is 2. The summed E-state index contributed by atoms with van der Waals surface area (Å²) in [6.45, 7) is 5.56. The van der Waals surface area contributed by atoms with Crippen LogP contribution in [0.4, 0.5) is 5.69 Å². The minimum absolute atomic E-state index is 0.0468. The summed E-state index contributed by atoms with van der Waals surface area (Å²) in [6, 6.07) is 14.5. The van der Waals surface area contributed by atoms with E-state index in [4.69, 9.17) is 4.74 Å². The van der Waals surface area contributed by atoms with Crippen LogP contribution in [0.25, 0.3) is 0 Å². The van der Waals surface area contributed by atoms with Gasteiger partial charge in [-0.05, 0) is 117 Å². The molecule has 0 unspecified atom stereocenters. The quantitative estimate of drug-likeness (QED) is 0.311. The molecule has 240 valence electrons. The number of sulfonamides is 1. The summed E-state index contributed by atoms with van der Waals surface area (Å²) in [4.78, 5) is 29.0. The van der Waals surface area contributed by atoms with Crippen LogP contribution in [0, 0.1) is 17.8 Å². The summed E-state index contributed by atoms with van der Waals surface area (Å²) in [7, 11) is -2.20. The number of carbonyl (C=O) groups excluding carboxylic acids is 2. The predicted molar refractivity (Wildman–Crippen MR) is 174 cm³/mol. The first-order valence-electron chi connectivity index (χ1n) is 16.3. The van der Waals surface area contributed by atoms with E-state index in [1.807, 2.05) is 57.2 Å². The molecule has 0 radical (unpaired) electrons. The van der Waals surface area contributed by atoms with Crippen molar-refractivity contribution in [1.29, 1.82) is 0 Å². The summed E-state index contributed by atoms with van der Waals surface area (Å²) in [5.74, 6) is 2.45. The van der Waals surface area contributed by atoms with E-state index in [1.54, 1.807) is 7.11 Å². The largest absolute Gasteiger partial charge is 0.497 e. The van der Waals surface area contributed by atoms with E-state index < -0.39 is 28.5 Å². The molecule has 4 fully saturated rings. The Morgan fingerprint density at radius 1 is 0.932 bits per heavy atom. The minimum Gasteiger partial charge on any atom is -0.497 e. The van der Waals surface area contributed by atoms with Crippen LogP contribution in [0.5, 0.6) is 5.75 Å². The maximum Gasteiger partial charge on any atom is 0.244 e. The van der Waals surface area contributed by atoms with Crippen molar-refractivity contribution in [2.24, 2.45) is 17.8 Å². The number of methoxy groups -OCH3 is 1. The van der Waals surface area contributed by atoms with Crippen LogP contribution in [-0.2, 0) is 31.6 Å². The highest BCUT2D eigenvalue weighted by Gasteiger charge is 2.51. The number of rotatable bonds is 13. The molecular weight excluding hydrogens is 574 g/mol. The van der Waals surface area contributed by atoms with Gasteiger partial charge in [0.25, 0.3) is 0 Å². The van der Waals surface area contributed by atoms with Gasteiger partial charge in [0, 0.05) is 12.6 Å². The van der Waals surface area contributed by atoms with Gasteiger partial charge in [-0.2, -0.15) is 0 Å². The number of hydrogen-bond acceptors (Lipinski definition) is 5. The fourth-order valence-electron chi connectivity index (χ4n) is 8.35. The summed E-state index contributed by atoms with van der Waals surface area (Å²) < 4.78 is 32.8. The molecule has 2 amide bonds. The SMILES string of the molecule is CC[C@H](C(=O)N[C@@H](C)CC)N(Cc1ccc(OC)cc1)C(=O)CN(c1ccc(C23CC4CC(CC(C4)C2)C3)cc1)S(C)(=O)=O. The van der Waals surface area contributed by atoms with Crippen LogP contribution in [-0.4, -0.2) is 57.1 Å². The number of amides is 2. The van der Waals surface area contributed by atoms with Crippen LogP contribution < -0.4 is 14.4 Å². The summed E-state index contributed by atoms with van der Waals surface area (Å²) in [5, 5.41) is 3.01. The van der Waals surface area contributed by atoms with Gasteiger partial charge in [0.15, 0.2) is 0 Å². The van der Waals surface area contributed by atoms with Crippen molar-refractivity contribution in [3.63, 3.8) is 0 Å². The number of ether oxygens (including phenoxy) is 1. The smallest absolute Gasteiger partial charge is 0.244 e. The Balaban J connectivity index is 1.40. The molecule has 44 heavy (non-hydrogen) atoms. The van der Waals surface area contributed by atoms with Crippen molar-refractivity contribution < 1.29 is 22.7 Å². The Hall–Kier alpha value is -3.07. The highest BCUT2D eigenvalue weighted by Crippen LogP contribution is 2.60. The molecule has 0 saturated heterocycles. The molecule has 2 aromatic carbocycles. The zero-order valence-electron chi connectivity index (χ0n) is 26.9. The molecule has 8 nitrogen and oxygen atoms in total. The average Bonchev–Trinajstić information content (AvgIpc) is 2.98. The highest BCUT2D eigenvalue weighted by molar-refractivity contribution is 7.92. The van der Waals surface area contributed by atoms with Gasteiger partial charge in [-0.1, -0.05) is 38.1 Å². The van der Waals surface area contributed by atoms with E-state index in [0.29, 0.717) is 17.9 Å². The zero-order chi connectivity index (χ0) is 31.6. The van der Waals surface area contributed by atoms with Crippen LogP contribution >= 0.6 is 0 Å². The van der Waals surface area contributed by atoms with E-state index >= 15 is 0 Å². The number of benzene rings is 2. The van der Waals surface area contributed by atoms with E-state index in [0.717, 1.165) is 36.0 Å². The minimum atomic E-state index is -3.79. The standard InChI is InChI=1S/C35H49N3O5S/c1-6-24(3)36-34(40)32(7-2)37(22-25-8-14-31(43-4)15-9-25)33(39)23-38(44(5,41)42)30-12-10-29(11-13-30)35-19-26-16-27(20-35)18-28(17-26)21-35/h8-15,24,26-28,32H,6-7,16-23H2,1-5H3,(H,36,40)/t24-,26?,27?,28?,32+,35?/m0/s1. The molecular formula is C35H49N3O5S. The third-order valence-electron chi connectivity index (χ3n) is 10.4. The van der Waals surface area contributed by atoms with Gasteiger partial charge < -0.3 is 15.0 Å². The third-order valence-corrected chi connectivity index (χ3v) is 11.5. The van der Waals surface area contributed by atoms with E-state index in [1.165, 1.54) is 53.3 Å². The lowest BCUT2D eigenvalue weighted by Gasteiger charge is -2.57. The Kier molecular flexibility index (Phi) is 9.64. The fourth-order valence-corrected chi connectivity index (χ4v) is 9.20.